The second kappa shape index (κ2) is 5.31. The Balaban J connectivity index is 1.92. The lowest BCUT2D eigenvalue weighted by Gasteiger charge is -2.12. The van der Waals surface area contributed by atoms with Crippen LogP contribution in [0.5, 0.6) is 0 Å². The third kappa shape index (κ3) is 3.30. The van der Waals surface area contributed by atoms with Crippen molar-refractivity contribution in [2.75, 3.05) is 17.6 Å². The number of nitrogens with one attached hydrogen (secondary N) is 1. The lowest BCUT2D eigenvalue weighted by molar-refractivity contribution is 0.178. The SMILES string of the molecule is CCc1nc(N)cc(NCC2CCC(O)C2)n1. The summed E-state index contributed by atoms with van der Waals surface area (Å²) in [5.74, 6) is 2.59. The zero-order valence-electron chi connectivity index (χ0n) is 10.2. The van der Waals surface area contributed by atoms with Gasteiger partial charge in [0.15, 0.2) is 0 Å². The maximum atomic E-state index is 9.45. The molecular weight excluding hydrogens is 216 g/mol. The fourth-order valence-corrected chi connectivity index (χ4v) is 2.25. The van der Waals surface area contributed by atoms with Gasteiger partial charge in [-0.15, -0.1) is 0 Å². The van der Waals surface area contributed by atoms with Gasteiger partial charge in [-0.1, -0.05) is 6.92 Å². The lowest BCUT2D eigenvalue weighted by Crippen LogP contribution is -2.14. The van der Waals surface area contributed by atoms with Crippen LogP contribution >= 0.6 is 0 Å². The van der Waals surface area contributed by atoms with Crippen molar-refractivity contribution in [3.05, 3.63) is 11.9 Å². The summed E-state index contributed by atoms with van der Waals surface area (Å²) in [7, 11) is 0. The van der Waals surface area contributed by atoms with Crippen molar-refractivity contribution in [3.63, 3.8) is 0 Å². The van der Waals surface area contributed by atoms with Gasteiger partial charge in [0.1, 0.15) is 17.5 Å². The molecule has 1 aromatic rings. The Morgan fingerprint density at radius 2 is 2.29 bits per heavy atom. The number of aliphatic hydroxyl groups is 1. The van der Waals surface area contributed by atoms with Crippen LogP contribution in [0, 0.1) is 5.92 Å². The van der Waals surface area contributed by atoms with E-state index < -0.39 is 0 Å². The van der Waals surface area contributed by atoms with Gasteiger partial charge in [-0.2, -0.15) is 0 Å². The van der Waals surface area contributed by atoms with Crippen LogP contribution in [0.25, 0.3) is 0 Å². The number of aryl methyl sites for hydroxylation is 1. The van der Waals surface area contributed by atoms with Crippen molar-refractivity contribution >= 4 is 11.6 Å². The average Bonchev–Trinajstić information content (AvgIpc) is 2.72. The Morgan fingerprint density at radius 1 is 1.47 bits per heavy atom. The van der Waals surface area contributed by atoms with E-state index in [1.54, 1.807) is 6.07 Å². The Kier molecular flexibility index (Phi) is 3.78. The van der Waals surface area contributed by atoms with Crippen molar-refractivity contribution in [3.8, 4) is 0 Å². The molecule has 0 spiro atoms. The molecule has 5 heteroatoms. The number of aliphatic hydroxyl groups excluding tert-OH is 1. The molecule has 0 amide bonds. The van der Waals surface area contributed by atoms with Gasteiger partial charge in [-0.3, -0.25) is 0 Å². The molecule has 1 aromatic heterocycles. The van der Waals surface area contributed by atoms with Crippen LogP contribution in [-0.4, -0.2) is 27.7 Å². The maximum Gasteiger partial charge on any atom is 0.132 e. The van der Waals surface area contributed by atoms with Gasteiger partial charge in [-0.05, 0) is 25.2 Å². The minimum Gasteiger partial charge on any atom is -0.393 e. The second-order valence-electron chi connectivity index (χ2n) is 4.66. The summed E-state index contributed by atoms with van der Waals surface area (Å²) < 4.78 is 0. The zero-order valence-corrected chi connectivity index (χ0v) is 10.2. The maximum absolute atomic E-state index is 9.45. The Labute approximate surface area is 101 Å². The third-order valence-electron chi connectivity index (χ3n) is 3.19. The molecule has 94 valence electrons. The quantitative estimate of drug-likeness (QED) is 0.731. The topological polar surface area (TPSA) is 84.1 Å². The highest BCUT2D eigenvalue weighted by atomic mass is 16.3. The number of hydrogen-bond acceptors (Lipinski definition) is 5. The predicted octanol–water partition coefficient (Wildman–Crippen LogP) is 1.19. The van der Waals surface area contributed by atoms with Gasteiger partial charge in [0, 0.05) is 19.0 Å². The molecule has 17 heavy (non-hydrogen) atoms. The lowest BCUT2D eigenvalue weighted by atomic mass is 10.1. The number of rotatable bonds is 4. The fraction of sp³-hybridized carbons (Fsp3) is 0.667. The summed E-state index contributed by atoms with van der Waals surface area (Å²) in [4.78, 5) is 8.50. The first kappa shape index (κ1) is 12.1. The number of anilines is 2. The van der Waals surface area contributed by atoms with Gasteiger partial charge < -0.3 is 16.2 Å². The second-order valence-corrected chi connectivity index (χ2v) is 4.66. The summed E-state index contributed by atoms with van der Waals surface area (Å²) in [6.45, 7) is 2.85. The van der Waals surface area contributed by atoms with Crippen molar-refractivity contribution in [1.29, 1.82) is 0 Å². The molecule has 1 saturated carbocycles. The molecule has 5 nitrogen and oxygen atoms in total. The Morgan fingerprint density at radius 3 is 2.94 bits per heavy atom. The highest BCUT2D eigenvalue weighted by Crippen LogP contribution is 2.25. The molecule has 0 aromatic carbocycles. The van der Waals surface area contributed by atoms with Crippen molar-refractivity contribution in [2.24, 2.45) is 5.92 Å². The smallest absolute Gasteiger partial charge is 0.132 e. The van der Waals surface area contributed by atoms with E-state index in [4.69, 9.17) is 5.73 Å². The van der Waals surface area contributed by atoms with Crippen LogP contribution in [0.3, 0.4) is 0 Å². The molecular formula is C12H20N4O. The highest BCUT2D eigenvalue weighted by molar-refractivity contribution is 5.44. The van der Waals surface area contributed by atoms with Gasteiger partial charge in [0.05, 0.1) is 6.10 Å². The molecule has 1 heterocycles. The summed E-state index contributed by atoms with van der Waals surface area (Å²) in [6, 6.07) is 1.75. The molecule has 0 saturated heterocycles. The minimum absolute atomic E-state index is 0.122. The molecule has 2 rings (SSSR count). The first-order valence-electron chi connectivity index (χ1n) is 6.22. The molecule has 4 N–H and O–H groups in total. The van der Waals surface area contributed by atoms with E-state index in [1.807, 2.05) is 6.92 Å². The Bertz CT molecular complexity index is 383. The average molecular weight is 236 g/mol. The monoisotopic (exact) mass is 236 g/mol. The summed E-state index contributed by atoms with van der Waals surface area (Å²) >= 11 is 0. The molecule has 0 aliphatic heterocycles. The summed E-state index contributed by atoms with van der Waals surface area (Å²) in [6.07, 6.45) is 3.53. The number of nitrogens with two attached hydrogens (primary N) is 1. The third-order valence-corrected chi connectivity index (χ3v) is 3.19. The largest absolute Gasteiger partial charge is 0.393 e. The minimum atomic E-state index is -0.122. The van der Waals surface area contributed by atoms with Gasteiger partial charge >= 0.3 is 0 Å². The molecule has 1 aliphatic rings. The van der Waals surface area contributed by atoms with E-state index in [2.05, 4.69) is 15.3 Å². The van der Waals surface area contributed by atoms with Crippen LogP contribution in [-0.2, 0) is 6.42 Å². The van der Waals surface area contributed by atoms with Gasteiger partial charge in [-0.25, -0.2) is 9.97 Å². The zero-order chi connectivity index (χ0) is 12.3. The molecule has 1 fully saturated rings. The van der Waals surface area contributed by atoms with Crippen LogP contribution in [0.2, 0.25) is 0 Å². The first-order chi connectivity index (χ1) is 8.17. The molecule has 2 unspecified atom stereocenters. The van der Waals surface area contributed by atoms with Crippen LogP contribution in [0.4, 0.5) is 11.6 Å². The first-order valence-corrected chi connectivity index (χ1v) is 6.22. The van der Waals surface area contributed by atoms with Gasteiger partial charge in [0.25, 0.3) is 0 Å². The van der Waals surface area contributed by atoms with Crippen LogP contribution in [0.15, 0.2) is 6.07 Å². The fourth-order valence-electron chi connectivity index (χ4n) is 2.25. The summed E-state index contributed by atoms with van der Waals surface area (Å²) in [5.41, 5.74) is 5.71. The van der Waals surface area contributed by atoms with Crippen LogP contribution < -0.4 is 11.1 Å². The highest BCUT2D eigenvalue weighted by Gasteiger charge is 2.22. The van der Waals surface area contributed by atoms with Crippen molar-refractivity contribution < 1.29 is 5.11 Å². The molecule has 2 atom stereocenters. The van der Waals surface area contributed by atoms with E-state index in [-0.39, 0.29) is 6.10 Å². The number of aromatic nitrogens is 2. The Hall–Kier alpha value is -1.36. The normalized spacial score (nSPS) is 23.9. The number of hydrogen-bond donors (Lipinski definition) is 3. The predicted molar refractivity (Wildman–Crippen MR) is 67.7 cm³/mol. The standard InChI is InChI=1S/C12H20N4O/c1-2-11-15-10(13)6-12(16-11)14-7-8-3-4-9(17)5-8/h6,8-9,17H,2-5,7H2,1H3,(H3,13,14,15,16). The van der Waals surface area contributed by atoms with E-state index in [0.717, 1.165) is 43.9 Å². The van der Waals surface area contributed by atoms with Crippen molar-refractivity contribution in [1.82, 2.24) is 9.97 Å². The van der Waals surface area contributed by atoms with E-state index >= 15 is 0 Å². The summed E-state index contributed by atoms with van der Waals surface area (Å²) in [5, 5.41) is 12.7. The van der Waals surface area contributed by atoms with E-state index in [9.17, 15) is 5.11 Å². The number of nitrogens with zero attached hydrogens (tertiary/aromatic N) is 2. The number of nitrogen functional groups attached to an aromatic ring is 1. The van der Waals surface area contributed by atoms with Crippen molar-refractivity contribution in [2.45, 2.75) is 38.7 Å². The van der Waals surface area contributed by atoms with Crippen LogP contribution in [0.1, 0.15) is 32.0 Å². The molecule has 0 radical (unpaired) electrons. The van der Waals surface area contributed by atoms with E-state index in [0.29, 0.717) is 11.7 Å². The van der Waals surface area contributed by atoms with E-state index in [1.165, 1.54) is 0 Å². The van der Waals surface area contributed by atoms with Gasteiger partial charge in [0.2, 0.25) is 0 Å². The molecule has 0 bridgehead atoms. The molecule has 1 aliphatic carbocycles.